The second-order valence-corrected chi connectivity index (χ2v) is 2.40. The lowest BCUT2D eigenvalue weighted by Crippen LogP contribution is -2.61. The Morgan fingerprint density at radius 1 is 1.78 bits per heavy atom. The second-order valence-electron chi connectivity index (χ2n) is 2.40. The van der Waals surface area contributed by atoms with E-state index in [1.807, 2.05) is 0 Å². The van der Waals surface area contributed by atoms with Crippen LogP contribution in [0.5, 0.6) is 0 Å². The molecule has 1 heterocycles. The molecule has 1 rings (SSSR count). The Balaban J connectivity index is 2.39. The van der Waals surface area contributed by atoms with Crippen molar-refractivity contribution in [3.8, 4) is 0 Å². The summed E-state index contributed by atoms with van der Waals surface area (Å²) in [5.74, 6) is -0.763. The monoisotopic (exact) mass is 131 g/mol. The average Bonchev–Trinajstić information content (AvgIpc) is 2.14. The summed E-state index contributed by atoms with van der Waals surface area (Å²) in [5, 5.41) is 11.3. The summed E-state index contributed by atoms with van der Waals surface area (Å²) in [6.07, 6.45) is 0.662. The van der Waals surface area contributed by atoms with Gasteiger partial charge in [0.25, 0.3) is 0 Å². The molecule has 0 aromatic carbocycles. The molecule has 0 aliphatic carbocycles. The summed E-state index contributed by atoms with van der Waals surface area (Å²) in [7, 11) is 0. The van der Waals surface area contributed by atoms with E-state index in [4.69, 9.17) is 5.11 Å². The van der Waals surface area contributed by atoms with Gasteiger partial charge in [0.2, 0.25) is 0 Å². The molecule has 0 spiro atoms. The van der Waals surface area contributed by atoms with Crippen LogP contribution in [0.2, 0.25) is 0 Å². The van der Waals surface area contributed by atoms with E-state index < -0.39 is 5.97 Å². The molecule has 4 heteroatoms. The Morgan fingerprint density at radius 2 is 2.44 bits per heavy atom. The fourth-order valence-electron chi connectivity index (χ4n) is 0.997. The topological polar surface area (TPSA) is 77.0 Å². The van der Waals surface area contributed by atoms with Crippen LogP contribution in [0.4, 0.5) is 0 Å². The highest BCUT2D eigenvalue weighted by Gasteiger charge is 2.28. The molecule has 0 radical (unpaired) electrons. The first-order valence-corrected chi connectivity index (χ1v) is 2.99. The number of aliphatic carboxylic acids is 1. The number of rotatable bonds is 1. The van der Waals surface area contributed by atoms with Crippen LogP contribution in [0.3, 0.4) is 0 Å². The van der Waals surface area contributed by atoms with E-state index in [9.17, 15) is 4.79 Å². The Morgan fingerprint density at radius 3 is 2.67 bits per heavy atom. The van der Waals surface area contributed by atoms with E-state index in [1.54, 1.807) is 0 Å². The van der Waals surface area contributed by atoms with Gasteiger partial charge in [-0.1, -0.05) is 0 Å². The SMILES string of the molecule is [NH3+][C@@H]1CN[C@H](C(=O)O)C1. The Bertz CT molecular complexity index is 126. The molecule has 0 aromatic heterocycles. The fourth-order valence-corrected chi connectivity index (χ4v) is 0.997. The van der Waals surface area contributed by atoms with Gasteiger partial charge in [-0.05, 0) is 0 Å². The number of carbonyl (C=O) groups is 1. The molecule has 4 nitrogen and oxygen atoms in total. The second kappa shape index (κ2) is 2.33. The zero-order valence-electron chi connectivity index (χ0n) is 5.13. The van der Waals surface area contributed by atoms with E-state index in [-0.39, 0.29) is 12.1 Å². The molecular weight excluding hydrogens is 120 g/mol. The first kappa shape index (κ1) is 6.51. The lowest BCUT2D eigenvalue weighted by atomic mass is 10.2. The lowest BCUT2D eigenvalue weighted by molar-refractivity contribution is -0.413. The van der Waals surface area contributed by atoms with Crippen molar-refractivity contribution in [2.75, 3.05) is 6.54 Å². The molecular formula is C5H11N2O2+. The first-order chi connectivity index (χ1) is 4.20. The van der Waals surface area contributed by atoms with Crippen molar-refractivity contribution in [2.45, 2.75) is 18.5 Å². The van der Waals surface area contributed by atoms with E-state index in [0.717, 1.165) is 6.54 Å². The zero-order chi connectivity index (χ0) is 6.85. The molecule has 1 aliphatic rings. The van der Waals surface area contributed by atoms with Gasteiger partial charge in [-0.25, -0.2) is 0 Å². The number of carboxylic acids is 1. The molecule has 0 unspecified atom stereocenters. The molecule has 0 aromatic rings. The molecule has 9 heavy (non-hydrogen) atoms. The summed E-state index contributed by atoms with van der Waals surface area (Å²) >= 11 is 0. The molecule has 52 valence electrons. The van der Waals surface area contributed by atoms with E-state index in [2.05, 4.69) is 11.1 Å². The quantitative estimate of drug-likeness (QED) is 0.387. The van der Waals surface area contributed by atoms with Crippen molar-refractivity contribution in [3.05, 3.63) is 0 Å². The third-order valence-corrected chi connectivity index (χ3v) is 1.52. The zero-order valence-corrected chi connectivity index (χ0v) is 5.13. The van der Waals surface area contributed by atoms with E-state index in [1.165, 1.54) is 0 Å². The lowest BCUT2D eigenvalue weighted by Gasteiger charge is -1.98. The minimum atomic E-state index is -0.763. The summed E-state index contributed by atoms with van der Waals surface area (Å²) in [5.41, 5.74) is 3.74. The van der Waals surface area contributed by atoms with Crippen LogP contribution in [0.15, 0.2) is 0 Å². The molecule has 0 saturated carbocycles. The van der Waals surface area contributed by atoms with Crippen molar-refractivity contribution in [2.24, 2.45) is 0 Å². The van der Waals surface area contributed by atoms with Crippen LogP contribution in [-0.2, 0) is 4.79 Å². The number of hydrogen-bond acceptors (Lipinski definition) is 2. The highest BCUT2D eigenvalue weighted by molar-refractivity contribution is 5.73. The summed E-state index contributed by atoms with van der Waals surface area (Å²) in [6, 6.07) is -0.0846. The van der Waals surface area contributed by atoms with Gasteiger partial charge in [0.15, 0.2) is 0 Å². The van der Waals surface area contributed by atoms with Gasteiger partial charge in [0.1, 0.15) is 6.04 Å². The van der Waals surface area contributed by atoms with Crippen molar-refractivity contribution < 1.29 is 15.6 Å². The van der Waals surface area contributed by atoms with Gasteiger partial charge in [-0.2, -0.15) is 0 Å². The minimum Gasteiger partial charge on any atom is -0.480 e. The first-order valence-electron chi connectivity index (χ1n) is 2.99. The fraction of sp³-hybridized carbons (Fsp3) is 0.800. The highest BCUT2D eigenvalue weighted by atomic mass is 16.4. The summed E-state index contributed by atoms with van der Waals surface area (Å²) in [4.78, 5) is 10.3. The van der Waals surface area contributed by atoms with Crippen molar-refractivity contribution in [1.82, 2.24) is 5.32 Å². The Kier molecular flexibility index (Phi) is 1.68. The van der Waals surface area contributed by atoms with Crippen LogP contribution in [-0.4, -0.2) is 29.7 Å². The molecule has 1 aliphatic heterocycles. The van der Waals surface area contributed by atoms with E-state index >= 15 is 0 Å². The van der Waals surface area contributed by atoms with Crippen LogP contribution in [0.25, 0.3) is 0 Å². The predicted molar refractivity (Wildman–Crippen MR) is 30.7 cm³/mol. The number of nitrogens with one attached hydrogen (secondary N) is 1. The maximum absolute atomic E-state index is 10.3. The number of carboxylic acid groups (broad SMARTS) is 1. The maximum atomic E-state index is 10.3. The van der Waals surface area contributed by atoms with Crippen LogP contribution >= 0.6 is 0 Å². The third kappa shape index (κ3) is 1.40. The van der Waals surface area contributed by atoms with Crippen LogP contribution in [0.1, 0.15) is 6.42 Å². The summed E-state index contributed by atoms with van der Waals surface area (Å²) < 4.78 is 0. The Hall–Kier alpha value is -0.610. The predicted octanol–water partition coefficient (Wildman–Crippen LogP) is -1.96. The van der Waals surface area contributed by atoms with Gasteiger partial charge in [-0.15, -0.1) is 0 Å². The number of hydrogen-bond donors (Lipinski definition) is 3. The standard InChI is InChI=1S/C5H10N2O2/c6-3-1-4(5(8)9)7-2-3/h3-4,7H,1-2,6H2,(H,8,9)/p+1/t3-,4-/m0/s1. The largest absolute Gasteiger partial charge is 0.480 e. The molecule has 5 N–H and O–H groups in total. The Labute approximate surface area is 53.0 Å². The maximum Gasteiger partial charge on any atom is 0.320 e. The van der Waals surface area contributed by atoms with Gasteiger partial charge in [-0.3, -0.25) is 10.1 Å². The normalized spacial score (nSPS) is 34.8. The van der Waals surface area contributed by atoms with E-state index in [0.29, 0.717) is 6.42 Å². The average molecular weight is 131 g/mol. The van der Waals surface area contributed by atoms with Crippen molar-refractivity contribution in [3.63, 3.8) is 0 Å². The highest BCUT2D eigenvalue weighted by Crippen LogP contribution is 2.01. The molecule has 0 amide bonds. The third-order valence-electron chi connectivity index (χ3n) is 1.52. The number of quaternary nitrogens is 1. The molecule has 0 bridgehead atoms. The van der Waals surface area contributed by atoms with Crippen LogP contribution < -0.4 is 11.1 Å². The van der Waals surface area contributed by atoms with Crippen LogP contribution in [0, 0.1) is 0 Å². The molecule has 1 fully saturated rings. The molecule has 2 atom stereocenters. The van der Waals surface area contributed by atoms with Gasteiger partial charge < -0.3 is 10.8 Å². The molecule has 1 saturated heterocycles. The van der Waals surface area contributed by atoms with Gasteiger partial charge in [0, 0.05) is 13.0 Å². The van der Waals surface area contributed by atoms with Crippen molar-refractivity contribution >= 4 is 5.97 Å². The minimum absolute atomic E-state index is 0.270. The smallest absolute Gasteiger partial charge is 0.320 e. The summed E-state index contributed by atoms with van der Waals surface area (Å²) in [6.45, 7) is 0.733. The van der Waals surface area contributed by atoms with Gasteiger partial charge in [0.05, 0.1) is 6.04 Å². The van der Waals surface area contributed by atoms with Crippen molar-refractivity contribution in [1.29, 1.82) is 0 Å². The van der Waals surface area contributed by atoms with Gasteiger partial charge >= 0.3 is 5.97 Å².